The maximum absolute atomic E-state index is 13.8. The van der Waals surface area contributed by atoms with Gasteiger partial charge in [-0.15, -0.1) is 0 Å². The monoisotopic (exact) mass is 499 g/mol. The van der Waals surface area contributed by atoms with Crippen molar-refractivity contribution in [3.05, 3.63) is 63.3 Å². The average molecular weight is 500 g/mol. The summed E-state index contributed by atoms with van der Waals surface area (Å²) in [5.41, 5.74) is 1.71. The third-order valence-corrected chi connectivity index (χ3v) is 11.5. The second-order valence-electron chi connectivity index (χ2n) is 11.9. The van der Waals surface area contributed by atoms with Crippen LogP contribution >= 0.6 is 0 Å². The first-order valence-electron chi connectivity index (χ1n) is 12.4. The van der Waals surface area contributed by atoms with E-state index < -0.39 is 13.9 Å². The molecule has 7 nitrogen and oxygen atoms in total. The van der Waals surface area contributed by atoms with Gasteiger partial charge in [0.05, 0.1) is 24.9 Å². The summed E-state index contributed by atoms with van der Waals surface area (Å²) in [6.07, 6.45) is 0.0717. The molecule has 1 unspecified atom stereocenters. The van der Waals surface area contributed by atoms with Crippen LogP contribution < -0.4 is 5.56 Å². The minimum Gasteiger partial charge on any atom is -0.444 e. The van der Waals surface area contributed by atoms with Gasteiger partial charge in [0.1, 0.15) is 11.4 Å². The molecule has 0 spiro atoms. The van der Waals surface area contributed by atoms with Crippen molar-refractivity contribution >= 4 is 14.4 Å². The molecule has 1 amide bonds. The number of nitrogens with zero attached hydrogens (tertiary/aromatic N) is 3. The van der Waals surface area contributed by atoms with E-state index in [-0.39, 0.29) is 29.3 Å². The van der Waals surface area contributed by atoms with E-state index in [1.54, 1.807) is 9.47 Å². The van der Waals surface area contributed by atoms with Crippen molar-refractivity contribution < 1.29 is 14.0 Å². The SMILES string of the molecule is Cc1nc2c(c(=O)n1C(CO[Si](C)(C)C(C)(C)C)c1ccccc1)CCN(C(=O)OC(C)(C)C)C2. The molecule has 0 N–H and O–H groups in total. The molecule has 2 aromatic rings. The third-order valence-electron chi connectivity index (χ3n) is 7.00. The lowest BCUT2D eigenvalue weighted by Gasteiger charge is -2.38. The van der Waals surface area contributed by atoms with Crippen LogP contribution in [0.5, 0.6) is 0 Å². The fourth-order valence-electron chi connectivity index (χ4n) is 3.97. The van der Waals surface area contributed by atoms with Crippen molar-refractivity contribution in [2.75, 3.05) is 13.2 Å². The molecule has 8 heteroatoms. The molecular weight excluding hydrogens is 458 g/mol. The summed E-state index contributed by atoms with van der Waals surface area (Å²) < 4.78 is 13.9. The molecule has 0 radical (unpaired) electrons. The van der Waals surface area contributed by atoms with Crippen molar-refractivity contribution in [1.29, 1.82) is 0 Å². The van der Waals surface area contributed by atoms with E-state index in [9.17, 15) is 9.59 Å². The van der Waals surface area contributed by atoms with Gasteiger partial charge in [0.2, 0.25) is 0 Å². The van der Waals surface area contributed by atoms with Gasteiger partial charge in [0.25, 0.3) is 5.56 Å². The number of aryl methyl sites for hydroxylation is 1. The molecule has 0 fully saturated rings. The van der Waals surface area contributed by atoms with Crippen LogP contribution in [-0.2, 0) is 22.1 Å². The van der Waals surface area contributed by atoms with Crippen LogP contribution in [0.3, 0.4) is 0 Å². The maximum atomic E-state index is 13.8. The van der Waals surface area contributed by atoms with Crippen LogP contribution in [-0.4, -0.2) is 47.6 Å². The number of benzene rings is 1. The molecule has 0 saturated carbocycles. The molecule has 3 rings (SSSR count). The zero-order valence-electron chi connectivity index (χ0n) is 22.8. The number of hydrogen-bond donors (Lipinski definition) is 0. The normalized spacial score (nSPS) is 15.5. The van der Waals surface area contributed by atoms with E-state index >= 15 is 0 Å². The Balaban J connectivity index is 1.97. The van der Waals surface area contributed by atoms with Gasteiger partial charge in [-0.2, -0.15) is 0 Å². The molecule has 0 saturated heterocycles. The predicted octanol–water partition coefficient (Wildman–Crippen LogP) is 5.46. The Morgan fingerprint density at radius 1 is 1.11 bits per heavy atom. The quantitative estimate of drug-likeness (QED) is 0.511. The molecule has 1 aromatic carbocycles. The van der Waals surface area contributed by atoms with Crippen molar-refractivity contribution in [2.45, 2.75) is 91.2 Å². The maximum Gasteiger partial charge on any atom is 0.410 e. The molecular formula is C27H41N3O4Si. The van der Waals surface area contributed by atoms with Gasteiger partial charge < -0.3 is 14.1 Å². The third kappa shape index (κ3) is 6.22. The number of carbonyl (C=O) groups excluding carboxylic acids is 1. The Hall–Kier alpha value is -2.45. The summed E-state index contributed by atoms with van der Waals surface area (Å²) in [4.78, 5) is 32.9. The van der Waals surface area contributed by atoms with Gasteiger partial charge in [-0.05, 0) is 57.8 Å². The average Bonchev–Trinajstić information content (AvgIpc) is 2.74. The van der Waals surface area contributed by atoms with Crippen molar-refractivity contribution in [3.8, 4) is 0 Å². The standard InChI is InChI=1S/C27H41N3O4Si/c1-19-28-22-17-29(25(32)34-26(2,3)4)16-15-21(22)24(31)30(19)23(20-13-11-10-12-14-20)18-33-35(8,9)27(5,6)7/h10-14,23H,15-18H2,1-9H3. The molecule has 1 aliphatic heterocycles. The molecule has 2 heterocycles. The molecule has 0 aliphatic carbocycles. The number of ether oxygens (including phenoxy) is 1. The zero-order valence-corrected chi connectivity index (χ0v) is 23.8. The van der Waals surface area contributed by atoms with Gasteiger partial charge in [0.15, 0.2) is 8.32 Å². The summed E-state index contributed by atoms with van der Waals surface area (Å²) in [5.74, 6) is 0.618. The first kappa shape index (κ1) is 27.1. The van der Waals surface area contributed by atoms with Crippen LogP contribution in [0.2, 0.25) is 18.1 Å². The fourth-order valence-corrected chi connectivity index (χ4v) is 4.98. The van der Waals surface area contributed by atoms with Crippen LogP contribution in [0, 0.1) is 6.92 Å². The fraction of sp³-hybridized carbons (Fsp3) is 0.593. The van der Waals surface area contributed by atoms with Gasteiger partial charge in [-0.3, -0.25) is 9.36 Å². The Kier molecular flexibility index (Phi) is 7.67. The number of amides is 1. The summed E-state index contributed by atoms with van der Waals surface area (Å²) in [6.45, 7) is 19.6. The van der Waals surface area contributed by atoms with E-state index in [1.165, 1.54) is 0 Å². The predicted molar refractivity (Wildman–Crippen MR) is 141 cm³/mol. The Bertz CT molecular complexity index is 1110. The molecule has 1 aliphatic rings. The second-order valence-corrected chi connectivity index (χ2v) is 16.7. The van der Waals surface area contributed by atoms with E-state index in [4.69, 9.17) is 14.1 Å². The first-order valence-corrected chi connectivity index (χ1v) is 15.3. The molecule has 0 bridgehead atoms. The highest BCUT2D eigenvalue weighted by atomic mass is 28.4. The largest absolute Gasteiger partial charge is 0.444 e. The zero-order chi connectivity index (χ0) is 26.2. The Morgan fingerprint density at radius 2 is 1.74 bits per heavy atom. The van der Waals surface area contributed by atoms with E-state index in [1.807, 2.05) is 58.0 Å². The lowest BCUT2D eigenvalue weighted by Crippen LogP contribution is -2.45. The van der Waals surface area contributed by atoms with Crippen LogP contribution in [0.4, 0.5) is 4.79 Å². The minimum absolute atomic E-state index is 0.0518. The van der Waals surface area contributed by atoms with Gasteiger partial charge >= 0.3 is 6.09 Å². The number of fused-ring (bicyclic) bond motifs is 1. The molecule has 1 atom stereocenters. The molecule has 1 aromatic heterocycles. The lowest BCUT2D eigenvalue weighted by atomic mass is 10.0. The van der Waals surface area contributed by atoms with Gasteiger partial charge in [0, 0.05) is 12.1 Å². The second kappa shape index (κ2) is 9.89. The highest BCUT2D eigenvalue weighted by molar-refractivity contribution is 6.74. The van der Waals surface area contributed by atoms with Crippen LogP contribution in [0.1, 0.15) is 70.2 Å². The summed E-state index contributed by atoms with van der Waals surface area (Å²) >= 11 is 0. The summed E-state index contributed by atoms with van der Waals surface area (Å²) in [5, 5.41) is 0.0630. The number of rotatable bonds is 5. The Labute approximate surface area is 210 Å². The van der Waals surface area contributed by atoms with Crippen LogP contribution in [0.15, 0.2) is 35.1 Å². The van der Waals surface area contributed by atoms with E-state index in [0.717, 1.165) is 5.56 Å². The van der Waals surface area contributed by atoms with E-state index in [2.05, 4.69) is 33.9 Å². The Morgan fingerprint density at radius 3 is 2.31 bits per heavy atom. The molecule has 192 valence electrons. The lowest BCUT2D eigenvalue weighted by molar-refractivity contribution is 0.0219. The van der Waals surface area contributed by atoms with Crippen LogP contribution in [0.25, 0.3) is 0 Å². The van der Waals surface area contributed by atoms with E-state index in [0.29, 0.717) is 36.7 Å². The van der Waals surface area contributed by atoms with Crippen molar-refractivity contribution in [3.63, 3.8) is 0 Å². The minimum atomic E-state index is -2.03. The summed E-state index contributed by atoms with van der Waals surface area (Å²) in [7, 11) is -2.03. The summed E-state index contributed by atoms with van der Waals surface area (Å²) in [6, 6.07) is 9.74. The molecule has 35 heavy (non-hydrogen) atoms. The highest BCUT2D eigenvalue weighted by Gasteiger charge is 2.38. The highest BCUT2D eigenvalue weighted by Crippen LogP contribution is 2.37. The van der Waals surface area contributed by atoms with Gasteiger partial charge in [-0.25, -0.2) is 9.78 Å². The topological polar surface area (TPSA) is 73.7 Å². The van der Waals surface area contributed by atoms with Crippen molar-refractivity contribution in [2.24, 2.45) is 0 Å². The number of carbonyl (C=O) groups is 1. The van der Waals surface area contributed by atoms with Gasteiger partial charge in [-0.1, -0.05) is 51.1 Å². The first-order chi connectivity index (χ1) is 16.1. The smallest absolute Gasteiger partial charge is 0.410 e. The number of aromatic nitrogens is 2. The number of hydrogen-bond acceptors (Lipinski definition) is 5. The van der Waals surface area contributed by atoms with Crippen molar-refractivity contribution in [1.82, 2.24) is 14.5 Å².